The van der Waals surface area contributed by atoms with Crippen LogP contribution in [-0.2, 0) is 4.79 Å². The molecule has 0 heterocycles. The standard InChI is InChI=1S/C11H14N2OS/c1-2-6-13-11(14)8-15-10-5-3-4-9(12)7-10/h2-5,7H,1,6,8,12H2,(H,13,14). The lowest BCUT2D eigenvalue weighted by Gasteiger charge is -2.03. The number of rotatable bonds is 5. The van der Waals surface area contributed by atoms with E-state index in [4.69, 9.17) is 5.73 Å². The van der Waals surface area contributed by atoms with E-state index in [1.54, 1.807) is 6.08 Å². The van der Waals surface area contributed by atoms with Crippen LogP contribution in [-0.4, -0.2) is 18.2 Å². The summed E-state index contributed by atoms with van der Waals surface area (Å²) in [4.78, 5) is 12.3. The normalized spacial score (nSPS) is 9.60. The van der Waals surface area contributed by atoms with Crippen LogP contribution in [0.25, 0.3) is 0 Å². The first-order chi connectivity index (χ1) is 7.22. The third-order valence-corrected chi connectivity index (χ3v) is 2.67. The largest absolute Gasteiger partial charge is 0.399 e. The maximum absolute atomic E-state index is 11.2. The Bertz CT molecular complexity index is 352. The summed E-state index contributed by atoms with van der Waals surface area (Å²) in [7, 11) is 0. The van der Waals surface area contributed by atoms with Crippen LogP contribution in [0.4, 0.5) is 5.69 Å². The van der Waals surface area contributed by atoms with Crippen molar-refractivity contribution in [2.75, 3.05) is 18.0 Å². The molecule has 0 aromatic heterocycles. The zero-order valence-electron chi connectivity index (χ0n) is 8.40. The molecule has 0 aliphatic carbocycles. The van der Waals surface area contributed by atoms with E-state index in [0.717, 1.165) is 4.90 Å². The number of benzene rings is 1. The lowest BCUT2D eigenvalue weighted by atomic mass is 10.3. The highest BCUT2D eigenvalue weighted by molar-refractivity contribution is 8.00. The van der Waals surface area contributed by atoms with E-state index in [1.165, 1.54) is 11.8 Å². The van der Waals surface area contributed by atoms with Crippen LogP contribution >= 0.6 is 11.8 Å². The molecular formula is C11H14N2OS. The zero-order chi connectivity index (χ0) is 11.1. The Kier molecular flexibility index (Phi) is 4.77. The molecule has 4 heteroatoms. The van der Waals surface area contributed by atoms with Gasteiger partial charge in [-0.05, 0) is 18.2 Å². The lowest BCUT2D eigenvalue weighted by Crippen LogP contribution is -2.24. The van der Waals surface area contributed by atoms with Crippen molar-refractivity contribution < 1.29 is 4.79 Å². The highest BCUT2D eigenvalue weighted by atomic mass is 32.2. The monoisotopic (exact) mass is 222 g/mol. The third-order valence-electron chi connectivity index (χ3n) is 1.67. The highest BCUT2D eigenvalue weighted by Gasteiger charge is 2.01. The van der Waals surface area contributed by atoms with Crippen LogP contribution in [0.1, 0.15) is 0 Å². The van der Waals surface area contributed by atoms with Crippen molar-refractivity contribution in [3.8, 4) is 0 Å². The molecule has 1 rings (SSSR count). The second-order valence-corrected chi connectivity index (χ2v) is 4.00. The molecule has 1 aromatic carbocycles. The highest BCUT2D eigenvalue weighted by Crippen LogP contribution is 2.19. The van der Waals surface area contributed by atoms with Crippen molar-refractivity contribution in [2.45, 2.75) is 4.90 Å². The van der Waals surface area contributed by atoms with Crippen LogP contribution in [0.3, 0.4) is 0 Å². The van der Waals surface area contributed by atoms with Crippen molar-refractivity contribution in [3.05, 3.63) is 36.9 Å². The average Bonchev–Trinajstić information content (AvgIpc) is 2.23. The predicted octanol–water partition coefficient (Wildman–Crippen LogP) is 1.66. The van der Waals surface area contributed by atoms with Crippen molar-refractivity contribution in [1.82, 2.24) is 5.32 Å². The number of carbonyl (C=O) groups is 1. The Balaban J connectivity index is 2.36. The van der Waals surface area contributed by atoms with Crippen LogP contribution in [0, 0.1) is 0 Å². The van der Waals surface area contributed by atoms with Gasteiger partial charge in [0.05, 0.1) is 5.75 Å². The average molecular weight is 222 g/mol. The van der Waals surface area contributed by atoms with Gasteiger partial charge in [0.1, 0.15) is 0 Å². The maximum Gasteiger partial charge on any atom is 0.230 e. The minimum atomic E-state index is 0.00215. The molecule has 0 saturated heterocycles. The third kappa shape index (κ3) is 4.56. The number of hydrogen-bond acceptors (Lipinski definition) is 3. The fourth-order valence-corrected chi connectivity index (χ4v) is 1.78. The Morgan fingerprint density at radius 1 is 1.60 bits per heavy atom. The van der Waals surface area contributed by atoms with Crippen LogP contribution in [0.15, 0.2) is 41.8 Å². The summed E-state index contributed by atoms with van der Waals surface area (Å²) in [6.07, 6.45) is 1.66. The molecule has 80 valence electrons. The minimum Gasteiger partial charge on any atom is -0.399 e. The number of nitrogens with two attached hydrogens (primary N) is 1. The first kappa shape index (κ1) is 11.7. The molecule has 15 heavy (non-hydrogen) atoms. The van der Waals surface area contributed by atoms with Crippen molar-refractivity contribution in [2.24, 2.45) is 0 Å². The van der Waals surface area contributed by atoms with Gasteiger partial charge in [-0.15, -0.1) is 18.3 Å². The van der Waals surface area contributed by atoms with E-state index >= 15 is 0 Å². The molecule has 0 unspecified atom stereocenters. The van der Waals surface area contributed by atoms with E-state index in [1.807, 2.05) is 24.3 Å². The Hall–Kier alpha value is -1.42. The fraction of sp³-hybridized carbons (Fsp3) is 0.182. The molecule has 0 radical (unpaired) electrons. The van der Waals surface area contributed by atoms with Crippen LogP contribution in [0.2, 0.25) is 0 Å². The molecule has 0 bridgehead atoms. The Labute approximate surface area is 93.7 Å². The Morgan fingerprint density at radius 2 is 2.40 bits per heavy atom. The molecule has 3 nitrogen and oxygen atoms in total. The van der Waals surface area contributed by atoms with E-state index in [0.29, 0.717) is 18.0 Å². The number of hydrogen-bond donors (Lipinski definition) is 2. The van der Waals surface area contributed by atoms with Crippen molar-refractivity contribution >= 4 is 23.4 Å². The van der Waals surface area contributed by atoms with Crippen molar-refractivity contribution in [1.29, 1.82) is 0 Å². The summed E-state index contributed by atoms with van der Waals surface area (Å²) in [5.74, 6) is 0.402. The molecule has 0 aliphatic heterocycles. The van der Waals surface area contributed by atoms with Gasteiger partial charge in [-0.2, -0.15) is 0 Å². The van der Waals surface area contributed by atoms with Gasteiger partial charge < -0.3 is 11.1 Å². The van der Waals surface area contributed by atoms with Crippen molar-refractivity contribution in [3.63, 3.8) is 0 Å². The summed E-state index contributed by atoms with van der Waals surface area (Å²) < 4.78 is 0. The van der Waals surface area contributed by atoms with E-state index in [9.17, 15) is 4.79 Å². The number of thioether (sulfide) groups is 1. The smallest absolute Gasteiger partial charge is 0.230 e. The van der Waals surface area contributed by atoms with E-state index in [2.05, 4.69) is 11.9 Å². The number of amides is 1. The molecule has 0 saturated carbocycles. The zero-order valence-corrected chi connectivity index (χ0v) is 9.22. The first-order valence-electron chi connectivity index (χ1n) is 4.58. The van der Waals surface area contributed by atoms with Gasteiger partial charge >= 0.3 is 0 Å². The molecule has 0 atom stereocenters. The summed E-state index contributed by atoms with van der Waals surface area (Å²) in [5.41, 5.74) is 6.33. The summed E-state index contributed by atoms with van der Waals surface area (Å²) in [5, 5.41) is 2.71. The molecule has 0 spiro atoms. The summed E-state index contributed by atoms with van der Waals surface area (Å²) >= 11 is 1.47. The van der Waals surface area contributed by atoms with Gasteiger partial charge in [-0.3, -0.25) is 4.79 Å². The molecule has 0 fully saturated rings. The fourth-order valence-electron chi connectivity index (χ4n) is 0.990. The first-order valence-corrected chi connectivity index (χ1v) is 5.57. The number of nitrogens with one attached hydrogen (secondary N) is 1. The van der Waals surface area contributed by atoms with Gasteiger partial charge in [0.25, 0.3) is 0 Å². The second-order valence-electron chi connectivity index (χ2n) is 2.95. The minimum absolute atomic E-state index is 0.00215. The second kappa shape index (κ2) is 6.14. The van der Waals surface area contributed by atoms with E-state index in [-0.39, 0.29) is 5.91 Å². The van der Waals surface area contributed by atoms with E-state index < -0.39 is 0 Å². The molecular weight excluding hydrogens is 208 g/mol. The Morgan fingerprint density at radius 3 is 3.07 bits per heavy atom. The van der Waals surface area contributed by atoms with Gasteiger partial charge in [-0.1, -0.05) is 12.1 Å². The van der Waals surface area contributed by atoms with Gasteiger partial charge in [0.15, 0.2) is 0 Å². The number of nitrogen functional groups attached to an aromatic ring is 1. The van der Waals surface area contributed by atoms with Crippen LogP contribution < -0.4 is 11.1 Å². The topological polar surface area (TPSA) is 55.1 Å². The molecule has 0 aliphatic rings. The lowest BCUT2D eigenvalue weighted by molar-refractivity contribution is -0.118. The molecule has 1 aromatic rings. The van der Waals surface area contributed by atoms with Gasteiger partial charge in [0.2, 0.25) is 5.91 Å². The van der Waals surface area contributed by atoms with Crippen LogP contribution in [0.5, 0.6) is 0 Å². The number of anilines is 1. The predicted molar refractivity (Wildman–Crippen MR) is 64.8 cm³/mol. The quantitative estimate of drug-likeness (QED) is 0.452. The molecule has 1 amide bonds. The maximum atomic E-state index is 11.2. The molecule has 3 N–H and O–H groups in total. The van der Waals surface area contributed by atoms with Gasteiger partial charge in [0, 0.05) is 17.1 Å². The SMILES string of the molecule is C=CCNC(=O)CSc1cccc(N)c1. The summed E-state index contributed by atoms with van der Waals surface area (Å²) in [6.45, 7) is 4.03. The summed E-state index contributed by atoms with van der Waals surface area (Å²) in [6, 6.07) is 7.48. The van der Waals surface area contributed by atoms with Gasteiger partial charge in [-0.25, -0.2) is 0 Å². The number of carbonyl (C=O) groups excluding carboxylic acids is 1.